The van der Waals surface area contributed by atoms with E-state index in [1.54, 1.807) is 6.08 Å². The summed E-state index contributed by atoms with van der Waals surface area (Å²) in [7, 11) is 0. The van der Waals surface area contributed by atoms with Gasteiger partial charge < -0.3 is 0 Å². The molecule has 0 nitrogen and oxygen atoms in total. The van der Waals surface area contributed by atoms with Gasteiger partial charge in [0.1, 0.15) is 11.6 Å². The van der Waals surface area contributed by atoms with E-state index in [2.05, 4.69) is 18.8 Å². The molecule has 1 aliphatic carbocycles. The van der Waals surface area contributed by atoms with Crippen LogP contribution in [0.5, 0.6) is 0 Å². The standard InChI is InChI=1S/C25H25F3/c1-2-3-18-8-11-21(12-9-18)22-16-24(27)23(25(28)17-22)13-10-19-4-6-20(7-5-19)14-15-26/h8-9,11-12,14-17,19-20H,2-7H2,1H3/t19-,20-. The zero-order chi connectivity index (χ0) is 19.9. The van der Waals surface area contributed by atoms with Gasteiger partial charge in [-0.15, -0.1) is 0 Å². The van der Waals surface area contributed by atoms with E-state index >= 15 is 0 Å². The van der Waals surface area contributed by atoms with Crippen LogP contribution in [0.25, 0.3) is 11.1 Å². The maximum atomic E-state index is 14.5. The van der Waals surface area contributed by atoms with E-state index in [1.807, 2.05) is 24.3 Å². The molecule has 146 valence electrons. The largest absolute Gasteiger partial charge is 0.216 e. The molecule has 1 aliphatic rings. The minimum Gasteiger partial charge on any atom is -0.216 e. The molecule has 1 fully saturated rings. The summed E-state index contributed by atoms with van der Waals surface area (Å²) in [6.45, 7) is 2.12. The first-order valence-corrected chi connectivity index (χ1v) is 9.97. The van der Waals surface area contributed by atoms with Gasteiger partial charge in [0.2, 0.25) is 0 Å². The number of allylic oxidation sites excluding steroid dienone is 1. The van der Waals surface area contributed by atoms with Crippen LogP contribution in [-0.2, 0) is 6.42 Å². The van der Waals surface area contributed by atoms with E-state index in [9.17, 15) is 13.2 Å². The fraction of sp³-hybridized carbons (Fsp3) is 0.360. The highest BCUT2D eigenvalue weighted by molar-refractivity contribution is 5.65. The van der Waals surface area contributed by atoms with Crippen LogP contribution in [-0.4, -0.2) is 0 Å². The van der Waals surface area contributed by atoms with Crippen molar-refractivity contribution in [3.63, 3.8) is 0 Å². The van der Waals surface area contributed by atoms with Crippen LogP contribution in [0, 0.1) is 35.3 Å². The molecular formula is C25H25F3. The van der Waals surface area contributed by atoms with Crippen LogP contribution in [0.3, 0.4) is 0 Å². The zero-order valence-corrected chi connectivity index (χ0v) is 16.2. The van der Waals surface area contributed by atoms with Gasteiger partial charge in [-0.05, 0) is 66.8 Å². The maximum absolute atomic E-state index is 14.5. The topological polar surface area (TPSA) is 0 Å². The van der Waals surface area contributed by atoms with Gasteiger partial charge in [0.05, 0.1) is 11.9 Å². The van der Waals surface area contributed by atoms with Crippen molar-refractivity contribution in [1.82, 2.24) is 0 Å². The molecule has 0 heterocycles. The average Bonchev–Trinajstić information content (AvgIpc) is 2.69. The second-order valence-electron chi connectivity index (χ2n) is 7.46. The molecule has 28 heavy (non-hydrogen) atoms. The van der Waals surface area contributed by atoms with Gasteiger partial charge in [0, 0.05) is 5.92 Å². The Morgan fingerprint density at radius 2 is 1.61 bits per heavy atom. The molecular weight excluding hydrogens is 357 g/mol. The van der Waals surface area contributed by atoms with Gasteiger partial charge in [0.15, 0.2) is 0 Å². The van der Waals surface area contributed by atoms with Crippen molar-refractivity contribution in [2.24, 2.45) is 11.8 Å². The zero-order valence-electron chi connectivity index (χ0n) is 16.2. The van der Waals surface area contributed by atoms with Crippen molar-refractivity contribution in [2.45, 2.75) is 45.4 Å². The first kappa shape index (κ1) is 20.3. The first-order chi connectivity index (χ1) is 13.6. The van der Waals surface area contributed by atoms with Crippen LogP contribution in [0.4, 0.5) is 13.2 Å². The lowest BCUT2D eigenvalue weighted by molar-refractivity contribution is 0.362. The molecule has 1 saturated carbocycles. The third-order valence-electron chi connectivity index (χ3n) is 5.39. The van der Waals surface area contributed by atoms with Crippen molar-refractivity contribution >= 4 is 0 Å². The number of rotatable bonds is 4. The van der Waals surface area contributed by atoms with E-state index < -0.39 is 11.6 Å². The van der Waals surface area contributed by atoms with Crippen molar-refractivity contribution in [3.8, 4) is 23.0 Å². The van der Waals surface area contributed by atoms with Gasteiger partial charge in [-0.3, -0.25) is 0 Å². The maximum Gasteiger partial charge on any atom is 0.142 e. The lowest BCUT2D eigenvalue weighted by atomic mass is 9.82. The Bertz CT molecular complexity index is 853. The van der Waals surface area contributed by atoms with Gasteiger partial charge in [-0.25, -0.2) is 13.2 Å². The Hall–Kier alpha value is -2.47. The predicted octanol–water partition coefficient (Wildman–Crippen LogP) is 7.23. The molecule has 0 bridgehead atoms. The molecule has 0 spiro atoms. The van der Waals surface area contributed by atoms with E-state index in [0.29, 0.717) is 11.9 Å². The molecule has 0 atom stereocenters. The lowest BCUT2D eigenvalue weighted by Crippen LogP contribution is -2.11. The molecule has 0 N–H and O–H groups in total. The summed E-state index contributed by atoms with van der Waals surface area (Å²) in [6.07, 6.45) is 7.60. The van der Waals surface area contributed by atoms with E-state index in [4.69, 9.17) is 0 Å². The fourth-order valence-electron chi connectivity index (χ4n) is 3.74. The molecule has 0 unspecified atom stereocenters. The summed E-state index contributed by atoms with van der Waals surface area (Å²) >= 11 is 0. The molecule has 0 aliphatic heterocycles. The third-order valence-corrected chi connectivity index (χ3v) is 5.39. The van der Waals surface area contributed by atoms with Crippen LogP contribution < -0.4 is 0 Å². The fourth-order valence-corrected chi connectivity index (χ4v) is 3.74. The van der Waals surface area contributed by atoms with Crippen LogP contribution in [0.2, 0.25) is 0 Å². The van der Waals surface area contributed by atoms with Crippen LogP contribution in [0.15, 0.2) is 48.8 Å². The third kappa shape index (κ3) is 5.07. The normalized spacial score (nSPS) is 19.4. The highest BCUT2D eigenvalue weighted by Crippen LogP contribution is 2.30. The number of hydrogen-bond acceptors (Lipinski definition) is 0. The number of hydrogen-bond donors (Lipinski definition) is 0. The van der Waals surface area contributed by atoms with Gasteiger partial charge in [-0.1, -0.05) is 55.5 Å². The molecule has 0 aromatic heterocycles. The molecule has 3 heteroatoms. The van der Waals surface area contributed by atoms with Crippen molar-refractivity contribution in [1.29, 1.82) is 0 Å². The van der Waals surface area contributed by atoms with E-state index in [1.165, 1.54) is 17.7 Å². The van der Waals surface area contributed by atoms with Crippen molar-refractivity contribution in [2.75, 3.05) is 0 Å². The summed E-state index contributed by atoms with van der Waals surface area (Å²) in [4.78, 5) is 0. The highest BCUT2D eigenvalue weighted by atomic mass is 19.1. The van der Waals surface area contributed by atoms with Crippen molar-refractivity contribution in [3.05, 3.63) is 71.6 Å². The van der Waals surface area contributed by atoms with Gasteiger partial charge >= 0.3 is 0 Å². The predicted molar refractivity (Wildman–Crippen MR) is 108 cm³/mol. The van der Waals surface area contributed by atoms with E-state index in [0.717, 1.165) is 44.1 Å². The monoisotopic (exact) mass is 382 g/mol. The van der Waals surface area contributed by atoms with Crippen LogP contribution in [0.1, 0.15) is 50.2 Å². The summed E-state index contributed by atoms with van der Waals surface area (Å²) in [6, 6.07) is 10.5. The minimum atomic E-state index is -0.630. The molecule has 0 amide bonds. The van der Waals surface area contributed by atoms with Crippen molar-refractivity contribution < 1.29 is 13.2 Å². The molecule has 2 aromatic rings. The molecule has 3 rings (SSSR count). The Kier molecular flexibility index (Phi) is 6.98. The molecule has 0 radical (unpaired) electrons. The Morgan fingerprint density at radius 3 is 2.18 bits per heavy atom. The molecule has 2 aromatic carbocycles. The summed E-state index contributed by atoms with van der Waals surface area (Å²) in [5, 5.41) is 0. The van der Waals surface area contributed by atoms with E-state index in [-0.39, 0.29) is 17.4 Å². The minimum absolute atomic E-state index is 0.105. The Morgan fingerprint density at radius 1 is 0.964 bits per heavy atom. The highest BCUT2D eigenvalue weighted by Gasteiger charge is 2.18. The second-order valence-corrected chi connectivity index (χ2v) is 7.46. The average molecular weight is 382 g/mol. The van der Waals surface area contributed by atoms with Gasteiger partial charge in [0.25, 0.3) is 0 Å². The molecule has 0 saturated heterocycles. The number of aryl methyl sites for hydroxylation is 1. The SMILES string of the molecule is CCCc1ccc(-c2cc(F)c(C#C[C@H]3CC[C@H](C=CF)CC3)c(F)c2)cc1. The second kappa shape index (κ2) is 9.64. The smallest absolute Gasteiger partial charge is 0.142 e. The summed E-state index contributed by atoms with van der Waals surface area (Å²) in [5.74, 6) is 4.82. The number of halogens is 3. The number of benzene rings is 2. The van der Waals surface area contributed by atoms with Gasteiger partial charge in [-0.2, -0.15) is 0 Å². The first-order valence-electron chi connectivity index (χ1n) is 9.97. The summed E-state index contributed by atoms with van der Waals surface area (Å²) < 4.78 is 41.3. The summed E-state index contributed by atoms with van der Waals surface area (Å²) in [5.41, 5.74) is 2.35. The lowest BCUT2D eigenvalue weighted by Gasteiger charge is -2.22. The quantitative estimate of drug-likeness (QED) is 0.490. The van der Waals surface area contributed by atoms with Crippen LogP contribution >= 0.6 is 0 Å². The Balaban J connectivity index is 1.74. The Labute approximate surface area is 165 Å².